The van der Waals surface area contributed by atoms with Gasteiger partial charge >= 0.3 is 0 Å². The molecule has 1 aromatic carbocycles. The molecule has 132 valence electrons. The van der Waals surface area contributed by atoms with Crippen LogP contribution in [0.25, 0.3) is 0 Å². The number of amides is 2. The van der Waals surface area contributed by atoms with Crippen molar-refractivity contribution in [3.8, 4) is 0 Å². The zero-order chi connectivity index (χ0) is 17.7. The third-order valence-corrected chi connectivity index (χ3v) is 4.05. The Morgan fingerprint density at radius 1 is 1.12 bits per heavy atom. The summed E-state index contributed by atoms with van der Waals surface area (Å²) in [7, 11) is 0. The number of likely N-dealkylation sites (tertiary alicyclic amines) is 1. The quantitative estimate of drug-likeness (QED) is 0.805. The molecular weight excluding hydrogens is 323 g/mol. The van der Waals surface area contributed by atoms with E-state index in [0.717, 1.165) is 38.4 Å². The lowest BCUT2D eigenvalue weighted by atomic mass is 10.1. The molecule has 1 saturated heterocycles. The van der Waals surface area contributed by atoms with Gasteiger partial charge in [0.25, 0.3) is 0 Å². The van der Waals surface area contributed by atoms with Crippen LogP contribution in [0.4, 0.5) is 18.9 Å². The van der Waals surface area contributed by atoms with E-state index in [1.807, 2.05) is 4.90 Å². The van der Waals surface area contributed by atoms with Gasteiger partial charge in [0.15, 0.2) is 17.5 Å². The van der Waals surface area contributed by atoms with Crippen LogP contribution < -0.4 is 10.6 Å². The molecule has 1 aliphatic heterocycles. The number of rotatable bonds is 5. The van der Waals surface area contributed by atoms with Crippen molar-refractivity contribution in [3.63, 3.8) is 0 Å². The standard InChI is InChI=1S/C16H20F3N3O2/c1-10(22-7-3-2-4-8-22)16(24)20-9-13(23)21-12-6-5-11(17)14(18)15(12)19/h5-6,10H,2-4,7-9H2,1H3,(H,20,24)(H,21,23). The summed E-state index contributed by atoms with van der Waals surface area (Å²) in [5.41, 5.74) is -0.475. The van der Waals surface area contributed by atoms with Gasteiger partial charge in [-0.3, -0.25) is 14.5 Å². The van der Waals surface area contributed by atoms with Gasteiger partial charge in [-0.2, -0.15) is 0 Å². The van der Waals surface area contributed by atoms with Gasteiger partial charge < -0.3 is 10.6 Å². The highest BCUT2D eigenvalue weighted by Crippen LogP contribution is 2.19. The highest BCUT2D eigenvalue weighted by atomic mass is 19.2. The van der Waals surface area contributed by atoms with Gasteiger partial charge in [-0.15, -0.1) is 0 Å². The Kier molecular flexibility index (Phi) is 6.19. The fourth-order valence-electron chi connectivity index (χ4n) is 2.60. The first-order valence-corrected chi connectivity index (χ1v) is 7.85. The SMILES string of the molecule is CC(C(=O)NCC(=O)Nc1ccc(F)c(F)c1F)N1CCCCC1. The highest BCUT2D eigenvalue weighted by Gasteiger charge is 2.23. The van der Waals surface area contributed by atoms with Crippen molar-refractivity contribution in [2.45, 2.75) is 32.2 Å². The Morgan fingerprint density at radius 2 is 1.79 bits per heavy atom. The van der Waals surface area contributed by atoms with Crippen LogP contribution in [-0.4, -0.2) is 42.4 Å². The van der Waals surface area contributed by atoms with Gasteiger partial charge in [0.1, 0.15) is 0 Å². The molecule has 0 saturated carbocycles. The lowest BCUT2D eigenvalue weighted by Gasteiger charge is -2.31. The van der Waals surface area contributed by atoms with E-state index in [0.29, 0.717) is 6.07 Å². The van der Waals surface area contributed by atoms with Crippen LogP contribution in [-0.2, 0) is 9.59 Å². The van der Waals surface area contributed by atoms with Gasteiger partial charge in [0.2, 0.25) is 11.8 Å². The zero-order valence-electron chi connectivity index (χ0n) is 13.4. The number of carbonyl (C=O) groups is 2. The highest BCUT2D eigenvalue weighted by molar-refractivity contribution is 5.95. The predicted octanol–water partition coefficient (Wildman–Crippen LogP) is 2.03. The number of nitrogens with zero attached hydrogens (tertiary/aromatic N) is 1. The average Bonchev–Trinajstić information content (AvgIpc) is 2.60. The minimum absolute atomic E-state index is 0.308. The maximum atomic E-state index is 13.5. The van der Waals surface area contributed by atoms with Crippen molar-refractivity contribution < 1.29 is 22.8 Å². The van der Waals surface area contributed by atoms with Crippen molar-refractivity contribution >= 4 is 17.5 Å². The molecule has 0 bridgehead atoms. The minimum atomic E-state index is -1.66. The summed E-state index contributed by atoms with van der Waals surface area (Å²) in [6.45, 7) is 3.05. The summed E-state index contributed by atoms with van der Waals surface area (Å²) in [5, 5.41) is 4.57. The summed E-state index contributed by atoms with van der Waals surface area (Å²) < 4.78 is 39.4. The Bertz CT molecular complexity index is 619. The summed E-state index contributed by atoms with van der Waals surface area (Å²) >= 11 is 0. The first-order chi connectivity index (χ1) is 11.4. The number of hydrogen-bond acceptors (Lipinski definition) is 3. The third-order valence-electron chi connectivity index (χ3n) is 4.05. The maximum absolute atomic E-state index is 13.5. The second-order valence-corrected chi connectivity index (χ2v) is 5.76. The van der Waals surface area contributed by atoms with E-state index in [4.69, 9.17) is 0 Å². The minimum Gasteiger partial charge on any atom is -0.346 e. The normalized spacial score (nSPS) is 16.5. The van der Waals surface area contributed by atoms with E-state index < -0.39 is 29.0 Å². The van der Waals surface area contributed by atoms with E-state index in [2.05, 4.69) is 10.6 Å². The van der Waals surface area contributed by atoms with Crippen molar-refractivity contribution in [3.05, 3.63) is 29.6 Å². The third kappa shape index (κ3) is 4.47. The number of halogens is 3. The number of piperidine rings is 1. The lowest BCUT2D eigenvalue weighted by Crippen LogP contribution is -2.48. The molecule has 1 aromatic rings. The number of anilines is 1. The van der Waals surface area contributed by atoms with E-state index in [9.17, 15) is 22.8 Å². The average molecular weight is 343 g/mol. The Labute approximate surface area is 138 Å². The molecule has 1 unspecified atom stereocenters. The fraction of sp³-hybridized carbons (Fsp3) is 0.500. The van der Waals surface area contributed by atoms with Crippen LogP contribution in [0, 0.1) is 17.5 Å². The largest absolute Gasteiger partial charge is 0.346 e. The Morgan fingerprint density at radius 3 is 2.46 bits per heavy atom. The van der Waals surface area contributed by atoms with Gasteiger partial charge in [-0.1, -0.05) is 6.42 Å². The van der Waals surface area contributed by atoms with Gasteiger partial charge in [0, 0.05) is 0 Å². The van der Waals surface area contributed by atoms with Crippen LogP contribution in [0.3, 0.4) is 0 Å². The van der Waals surface area contributed by atoms with Crippen LogP contribution in [0.2, 0.25) is 0 Å². The fourth-order valence-corrected chi connectivity index (χ4v) is 2.60. The predicted molar refractivity (Wildman–Crippen MR) is 82.8 cm³/mol. The molecule has 24 heavy (non-hydrogen) atoms. The molecule has 0 aromatic heterocycles. The monoisotopic (exact) mass is 343 g/mol. The number of hydrogen-bond donors (Lipinski definition) is 2. The maximum Gasteiger partial charge on any atom is 0.243 e. The van der Waals surface area contributed by atoms with E-state index in [1.54, 1.807) is 6.92 Å². The van der Waals surface area contributed by atoms with Crippen LogP contribution in [0.15, 0.2) is 12.1 Å². The molecular formula is C16H20F3N3O2. The Hall–Kier alpha value is -2.09. The van der Waals surface area contributed by atoms with Gasteiger partial charge in [-0.25, -0.2) is 13.2 Å². The number of nitrogens with one attached hydrogen (secondary N) is 2. The topological polar surface area (TPSA) is 61.4 Å². The molecule has 5 nitrogen and oxygen atoms in total. The second-order valence-electron chi connectivity index (χ2n) is 5.76. The summed E-state index contributed by atoms with van der Waals surface area (Å²) in [6.07, 6.45) is 3.22. The Balaban J connectivity index is 1.84. The van der Waals surface area contributed by atoms with Crippen molar-refractivity contribution in [2.24, 2.45) is 0 Å². The van der Waals surface area contributed by atoms with Crippen LogP contribution in [0.5, 0.6) is 0 Å². The van der Waals surface area contributed by atoms with E-state index in [1.165, 1.54) is 0 Å². The zero-order valence-corrected chi connectivity index (χ0v) is 13.4. The molecule has 0 radical (unpaired) electrons. The van der Waals surface area contributed by atoms with Crippen molar-refractivity contribution in [1.82, 2.24) is 10.2 Å². The van der Waals surface area contributed by atoms with Gasteiger partial charge in [0.05, 0.1) is 18.3 Å². The molecule has 2 amide bonds. The van der Waals surface area contributed by atoms with E-state index in [-0.39, 0.29) is 18.5 Å². The number of carbonyl (C=O) groups excluding carboxylic acids is 2. The summed E-state index contributed by atoms with van der Waals surface area (Å²) in [5.74, 6) is -5.50. The summed E-state index contributed by atoms with van der Waals surface area (Å²) in [4.78, 5) is 25.8. The number of benzene rings is 1. The molecule has 1 atom stereocenters. The van der Waals surface area contributed by atoms with Crippen molar-refractivity contribution in [2.75, 3.05) is 25.0 Å². The van der Waals surface area contributed by atoms with Crippen molar-refractivity contribution in [1.29, 1.82) is 0 Å². The first kappa shape index (κ1) is 18.3. The molecule has 0 spiro atoms. The molecule has 2 rings (SSSR count). The molecule has 1 aliphatic rings. The molecule has 1 fully saturated rings. The van der Waals surface area contributed by atoms with Crippen LogP contribution >= 0.6 is 0 Å². The second kappa shape index (κ2) is 8.14. The molecule has 8 heteroatoms. The van der Waals surface area contributed by atoms with Crippen LogP contribution in [0.1, 0.15) is 26.2 Å². The first-order valence-electron chi connectivity index (χ1n) is 7.85. The van der Waals surface area contributed by atoms with Gasteiger partial charge in [-0.05, 0) is 45.0 Å². The summed E-state index contributed by atoms with van der Waals surface area (Å²) in [6, 6.07) is 1.27. The molecule has 2 N–H and O–H groups in total. The smallest absolute Gasteiger partial charge is 0.243 e. The molecule has 1 heterocycles. The lowest BCUT2D eigenvalue weighted by molar-refractivity contribution is -0.128. The van der Waals surface area contributed by atoms with E-state index >= 15 is 0 Å². The molecule has 0 aliphatic carbocycles.